The molecule has 78 heavy (non-hydrogen) atoms. The molecule has 9 N–H and O–H groups in total. The number of aromatic hydroxyl groups is 2. The van der Waals surface area contributed by atoms with Crippen molar-refractivity contribution in [1.82, 2.24) is 66.2 Å². The number of carbonyl (C=O) groups excluding carboxylic acids is 2. The van der Waals surface area contributed by atoms with Crippen LogP contribution in [0, 0.1) is 40.7 Å². The van der Waals surface area contributed by atoms with Crippen molar-refractivity contribution in [3.63, 3.8) is 0 Å². The number of H-pyrrole nitrogens is 5. The van der Waals surface area contributed by atoms with E-state index in [0.717, 1.165) is 16.7 Å². The van der Waals surface area contributed by atoms with Crippen molar-refractivity contribution >= 4 is 108 Å². The number of azo groups is 2. The number of fused-ring (bicyclic) bond motifs is 9. The third-order valence-electron chi connectivity index (χ3n) is 12.2. The molecule has 0 saturated carbocycles. The van der Waals surface area contributed by atoms with Gasteiger partial charge in [0, 0.05) is 52.4 Å². The third kappa shape index (κ3) is 7.74. The van der Waals surface area contributed by atoms with Crippen molar-refractivity contribution in [2.75, 3.05) is 12.1 Å². The fraction of sp³-hybridized carbons (Fsp3) is 0.111. The molecule has 376 valence electrons. The monoisotopic (exact) mass is 1040 g/mol. The molecule has 9 aromatic rings. The van der Waals surface area contributed by atoms with Gasteiger partial charge in [-0.1, -0.05) is 0 Å². The number of aliphatic imine (C=N–C) groups is 2. The van der Waals surface area contributed by atoms with Crippen LogP contribution in [0.15, 0.2) is 81.7 Å². The minimum absolute atomic E-state index is 0.0321. The summed E-state index contributed by atoms with van der Waals surface area (Å²) in [5.41, 5.74) is 11.0. The molecule has 0 fully saturated rings. The summed E-state index contributed by atoms with van der Waals surface area (Å²) < 4.78 is 0. The lowest BCUT2D eigenvalue weighted by molar-refractivity contribution is 0.0969. The number of nitrogens with one attached hydrogen (secondary N) is 6. The summed E-state index contributed by atoms with van der Waals surface area (Å²) >= 11 is 0. The number of benzene rings is 4. The normalized spacial score (nSPS) is 14.7. The molecule has 0 atom stereocenters. The van der Waals surface area contributed by atoms with Crippen molar-refractivity contribution in [2.24, 2.45) is 45.6 Å². The van der Waals surface area contributed by atoms with Crippen LogP contribution in [0.3, 0.4) is 0 Å². The highest BCUT2D eigenvalue weighted by Gasteiger charge is 2.37. The number of aromatic nitrogens is 13. The molecule has 5 aromatic heterocycles. The molecule has 1 aliphatic carbocycles. The number of imidazole rings is 2. The van der Waals surface area contributed by atoms with Gasteiger partial charge < -0.3 is 20.2 Å². The van der Waals surface area contributed by atoms with Crippen LogP contribution in [0.25, 0.3) is 65.2 Å². The largest absolute Gasteiger partial charge is 0.505 e. The van der Waals surface area contributed by atoms with E-state index in [1.165, 1.54) is 11.9 Å². The summed E-state index contributed by atoms with van der Waals surface area (Å²) in [7, 11) is 0. The van der Waals surface area contributed by atoms with E-state index < -0.39 is 0 Å². The lowest BCUT2D eigenvalue weighted by atomic mass is 9.95. The second kappa shape index (κ2) is 19.6. The summed E-state index contributed by atoms with van der Waals surface area (Å²) in [6, 6.07) is 7.62. The van der Waals surface area contributed by atoms with E-state index in [1.54, 1.807) is 30.9 Å². The molecule has 10 heterocycles. The lowest BCUT2D eigenvalue weighted by Gasteiger charge is -2.07. The standard InChI is InChI=1S/C13H3N9.C8H6N6O2.C8H6N4O2.C8H4N4O2.C8H6N4/c1-16-6(3-14)8-10-11(19-5-18-10)9(7(4-15)17-2)13-12(8)20-22-21-13;15-12-5-3-1-2-9-4(3)8(13-16)7-6(5)10-14-11-7;13-7-3-1-11-12-4(3)8(14)6-5(7)9-2-10-6;13-7-3-1-2-9-4(3)8(14)6-5(7)10-12-11-6;1-5-3-11-12-6(5)2-8-7(1)9-4-10-8/h5H2,(H,20,21,22);2,13,16H,1H2,(H,10,11,14);2,13-14H,1H2,(H,9,10);2H,1H2,(H,10,11,12);1-2,4H,3H2,(H,9,10)/b8-6-,9-7-;;;;. The molecule has 0 radical (unpaired) electrons. The van der Waals surface area contributed by atoms with Gasteiger partial charge in [0.1, 0.15) is 68.3 Å². The Hall–Kier alpha value is -12.4. The first-order chi connectivity index (χ1) is 38.1. The van der Waals surface area contributed by atoms with Crippen LogP contribution in [0.4, 0.5) is 28.4 Å². The number of phenolic OH excluding ortho intramolecular Hbond substituents is 2. The summed E-state index contributed by atoms with van der Waals surface area (Å²) in [4.78, 5) is 70.7. The minimum Gasteiger partial charge on any atom is -0.505 e. The maximum atomic E-state index is 11.7. The Labute approximate surface area is 428 Å². The van der Waals surface area contributed by atoms with Gasteiger partial charge in [0.2, 0.25) is 11.6 Å². The Bertz CT molecular complexity index is 4620. The Morgan fingerprint density at radius 1 is 0.718 bits per heavy atom. The zero-order chi connectivity index (χ0) is 54.2. The molecule has 0 amide bonds. The molecule has 0 bridgehead atoms. The molecule has 0 unspecified atom stereocenters. The number of rotatable bonds is 2. The van der Waals surface area contributed by atoms with Gasteiger partial charge in [-0.3, -0.25) is 40.2 Å². The van der Waals surface area contributed by atoms with Gasteiger partial charge >= 0.3 is 0 Å². The van der Waals surface area contributed by atoms with E-state index in [2.05, 4.69) is 128 Å². The van der Waals surface area contributed by atoms with Crippen molar-refractivity contribution in [3.8, 4) is 23.6 Å². The van der Waals surface area contributed by atoms with E-state index in [-0.39, 0.29) is 85.4 Å². The Morgan fingerprint density at radius 2 is 1.37 bits per heavy atom. The third-order valence-corrected chi connectivity index (χ3v) is 12.2. The number of anilines is 1. The number of Topliss-reactive ketones (excluding diaryl/α,β-unsaturated/α-hetero) is 2. The highest BCUT2D eigenvalue weighted by Crippen LogP contribution is 2.47. The number of hydrogen-bond donors (Lipinski definition) is 9. The van der Waals surface area contributed by atoms with E-state index in [1.807, 2.05) is 11.5 Å². The van der Waals surface area contributed by atoms with Gasteiger partial charge in [0.15, 0.2) is 17.1 Å². The van der Waals surface area contributed by atoms with Crippen LogP contribution in [0.1, 0.15) is 44.1 Å². The molecular formula is C45H25N27O6. The first-order valence-corrected chi connectivity index (χ1v) is 22.2. The van der Waals surface area contributed by atoms with Crippen molar-refractivity contribution < 1.29 is 25.0 Å². The maximum Gasteiger partial charge on any atom is 0.273 e. The molecular weight excluding hydrogens is 1010 g/mol. The number of hydrogen-bond acceptors (Lipinski definition) is 26. The topological polar surface area (TPSA) is 474 Å². The number of allylic oxidation sites excluding steroid dienone is 2. The minimum atomic E-state index is -0.322. The lowest BCUT2D eigenvalue weighted by Crippen LogP contribution is -2.48. The van der Waals surface area contributed by atoms with Crippen LogP contribution in [0.5, 0.6) is 11.5 Å². The average Bonchev–Trinajstić information content (AvgIpc) is 4.37. The van der Waals surface area contributed by atoms with Crippen molar-refractivity contribution in [1.29, 1.82) is 10.5 Å². The number of carbonyl (C=O) groups is 2. The van der Waals surface area contributed by atoms with Gasteiger partial charge in [0.05, 0.1) is 89.7 Å². The Balaban J connectivity index is 0.000000105. The predicted octanol–water partition coefficient (Wildman–Crippen LogP) is 3.33. The molecule has 15 rings (SSSR count). The van der Waals surface area contributed by atoms with Crippen LogP contribution in [-0.4, -0.2) is 112 Å². The summed E-state index contributed by atoms with van der Waals surface area (Å²) in [6.45, 7) is 15.3. The van der Waals surface area contributed by atoms with Gasteiger partial charge in [0.25, 0.3) is 11.4 Å². The van der Waals surface area contributed by atoms with Crippen LogP contribution >= 0.6 is 0 Å². The molecule has 0 saturated heterocycles. The second-order valence-electron chi connectivity index (χ2n) is 16.2. The number of nitrogens with zero attached hydrogens (tertiary/aromatic N) is 21. The number of nitriles is 2. The second-order valence-corrected chi connectivity index (χ2v) is 16.2. The van der Waals surface area contributed by atoms with Crippen molar-refractivity contribution in [3.05, 3.63) is 113 Å². The van der Waals surface area contributed by atoms with E-state index in [4.69, 9.17) is 28.9 Å². The molecule has 33 nitrogen and oxygen atoms in total. The molecule has 6 aliphatic rings. The van der Waals surface area contributed by atoms with Gasteiger partial charge in [-0.15, -0.1) is 4.91 Å². The summed E-state index contributed by atoms with van der Waals surface area (Å²) in [6.07, 6.45) is 7.20. The molecule has 0 spiro atoms. The zero-order valence-electron chi connectivity index (χ0n) is 39.0. The Morgan fingerprint density at radius 3 is 2.06 bits per heavy atom. The van der Waals surface area contributed by atoms with Gasteiger partial charge in [-0.25, -0.2) is 30.2 Å². The SMILES string of the molecule is O=C1C2=C(N=CC2)C(=O)c2n[nH]nc21.O=Nc1c2c(c(NO)c3n[nH]nc13)N=CC2.Oc1c2c(c(O)c3[nH]cnc13)CN=N2.[C-]#[N+]/C(C#N)=c1/c2c(/c(=C(\C#N)[N+]#[C-])c3n[nH]nc13)=NCN=2.c1nc2cc3c(cc2[nH]1)CN=N3. The smallest absolute Gasteiger partial charge is 0.273 e. The van der Waals surface area contributed by atoms with Crippen molar-refractivity contribution in [2.45, 2.75) is 25.9 Å². The maximum absolute atomic E-state index is 11.7. The number of ketones is 2. The van der Waals surface area contributed by atoms with E-state index in [0.29, 0.717) is 92.5 Å². The van der Waals surface area contributed by atoms with Gasteiger partial charge in [-0.05, 0) is 17.3 Å². The van der Waals surface area contributed by atoms with Gasteiger partial charge in [-0.2, -0.15) is 66.7 Å². The van der Waals surface area contributed by atoms with Crippen LogP contribution in [0.2, 0.25) is 0 Å². The first-order valence-electron chi connectivity index (χ1n) is 22.2. The number of nitroso groups, excluding NO2 is 1. The van der Waals surface area contributed by atoms with Crippen LogP contribution in [-0.2, 0) is 19.5 Å². The summed E-state index contributed by atoms with van der Waals surface area (Å²) in [5.74, 6) is -0.538. The van der Waals surface area contributed by atoms with E-state index in [9.17, 15) is 24.7 Å². The quantitative estimate of drug-likeness (QED) is 0.0519. The zero-order valence-corrected chi connectivity index (χ0v) is 39.0. The molecule has 5 aliphatic heterocycles. The van der Waals surface area contributed by atoms with Crippen LogP contribution < -0.4 is 26.6 Å². The highest BCUT2D eigenvalue weighted by molar-refractivity contribution is 6.27. The molecule has 4 aromatic carbocycles. The summed E-state index contributed by atoms with van der Waals surface area (Å²) in [5, 5.41) is 96.2. The number of phenols is 2. The average molecular weight is 1040 g/mol. The highest BCUT2D eigenvalue weighted by atomic mass is 16.5. The first kappa shape index (κ1) is 47.9. The molecule has 33 heteroatoms. The van der Waals surface area contributed by atoms with E-state index >= 15 is 0 Å². The number of aromatic amines is 5. The predicted molar refractivity (Wildman–Crippen MR) is 265 cm³/mol. The Kier molecular flexibility index (Phi) is 12.0. The fourth-order valence-corrected chi connectivity index (χ4v) is 8.74. The fourth-order valence-electron chi connectivity index (χ4n) is 8.74.